The van der Waals surface area contributed by atoms with Gasteiger partial charge in [0, 0.05) is 24.9 Å². The van der Waals surface area contributed by atoms with Gasteiger partial charge in [-0.1, -0.05) is 6.07 Å². The van der Waals surface area contributed by atoms with Crippen LogP contribution in [-0.4, -0.2) is 10.9 Å². The SMILES string of the molecule is Cc1ccc(CNC(=O)CCc2ccsc2)cn1. The second-order valence-corrected chi connectivity index (χ2v) is 5.00. The van der Waals surface area contributed by atoms with Crippen LogP contribution < -0.4 is 5.32 Å². The number of amides is 1. The van der Waals surface area contributed by atoms with Gasteiger partial charge in [-0.15, -0.1) is 0 Å². The third-order valence-electron chi connectivity index (χ3n) is 2.68. The fraction of sp³-hybridized carbons (Fsp3) is 0.286. The van der Waals surface area contributed by atoms with Crippen molar-refractivity contribution in [2.45, 2.75) is 26.3 Å². The van der Waals surface area contributed by atoms with Crippen LogP contribution >= 0.6 is 11.3 Å². The maximum absolute atomic E-state index is 11.7. The lowest BCUT2D eigenvalue weighted by atomic mass is 10.2. The van der Waals surface area contributed by atoms with Crippen molar-refractivity contribution in [1.29, 1.82) is 0 Å². The van der Waals surface area contributed by atoms with E-state index < -0.39 is 0 Å². The Morgan fingerprint density at radius 3 is 2.89 bits per heavy atom. The molecule has 0 saturated carbocycles. The highest BCUT2D eigenvalue weighted by Gasteiger charge is 2.02. The van der Waals surface area contributed by atoms with Crippen molar-refractivity contribution in [3.8, 4) is 0 Å². The molecule has 0 fully saturated rings. The molecule has 1 N–H and O–H groups in total. The molecule has 0 aliphatic rings. The van der Waals surface area contributed by atoms with Gasteiger partial charge in [-0.25, -0.2) is 0 Å². The van der Waals surface area contributed by atoms with Gasteiger partial charge in [-0.3, -0.25) is 9.78 Å². The Kier molecular flexibility index (Phi) is 4.47. The van der Waals surface area contributed by atoms with Crippen LogP contribution in [0.1, 0.15) is 23.2 Å². The first-order valence-electron chi connectivity index (χ1n) is 5.93. The molecule has 0 aliphatic heterocycles. The first kappa shape index (κ1) is 12.8. The van der Waals surface area contributed by atoms with Gasteiger partial charge >= 0.3 is 0 Å². The van der Waals surface area contributed by atoms with Crippen molar-refractivity contribution < 1.29 is 4.79 Å². The molecule has 0 spiro atoms. The number of rotatable bonds is 5. The van der Waals surface area contributed by atoms with Crippen LogP contribution in [0.25, 0.3) is 0 Å². The quantitative estimate of drug-likeness (QED) is 0.898. The topological polar surface area (TPSA) is 42.0 Å². The second-order valence-electron chi connectivity index (χ2n) is 4.22. The van der Waals surface area contributed by atoms with Crippen LogP contribution in [0.5, 0.6) is 0 Å². The molecule has 3 nitrogen and oxygen atoms in total. The van der Waals surface area contributed by atoms with Crippen molar-refractivity contribution in [3.63, 3.8) is 0 Å². The highest BCUT2D eigenvalue weighted by Crippen LogP contribution is 2.08. The summed E-state index contributed by atoms with van der Waals surface area (Å²) in [7, 11) is 0. The summed E-state index contributed by atoms with van der Waals surface area (Å²) in [5.41, 5.74) is 3.25. The third-order valence-corrected chi connectivity index (χ3v) is 3.42. The summed E-state index contributed by atoms with van der Waals surface area (Å²) < 4.78 is 0. The minimum absolute atomic E-state index is 0.0850. The molecule has 0 radical (unpaired) electrons. The summed E-state index contributed by atoms with van der Waals surface area (Å²) in [5.74, 6) is 0.0850. The fourth-order valence-electron chi connectivity index (χ4n) is 1.58. The van der Waals surface area contributed by atoms with Crippen LogP contribution in [0.4, 0.5) is 0 Å². The zero-order chi connectivity index (χ0) is 12.8. The van der Waals surface area contributed by atoms with E-state index in [1.54, 1.807) is 17.5 Å². The van der Waals surface area contributed by atoms with E-state index in [0.29, 0.717) is 13.0 Å². The predicted molar refractivity (Wildman–Crippen MR) is 73.5 cm³/mol. The maximum atomic E-state index is 11.7. The first-order valence-corrected chi connectivity index (χ1v) is 6.87. The van der Waals surface area contributed by atoms with E-state index in [1.807, 2.05) is 24.4 Å². The smallest absolute Gasteiger partial charge is 0.220 e. The molecular formula is C14H16N2OS. The Morgan fingerprint density at radius 2 is 2.22 bits per heavy atom. The summed E-state index contributed by atoms with van der Waals surface area (Å²) in [5, 5.41) is 7.02. The number of nitrogens with one attached hydrogen (secondary N) is 1. The van der Waals surface area contributed by atoms with Gasteiger partial charge in [0.05, 0.1) is 0 Å². The normalized spacial score (nSPS) is 10.3. The minimum atomic E-state index is 0.0850. The number of pyridine rings is 1. The van der Waals surface area contributed by atoms with Crippen LogP contribution in [0.15, 0.2) is 35.2 Å². The summed E-state index contributed by atoms with van der Waals surface area (Å²) in [6.45, 7) is 2.50. The van der Waals surface area contributed by atoms with Crippen LogP contribution in [0, 0.1) is 6.92 Å². The molecule has 18 heavy (non-hydrogen) atoms. The van der Waals surface area contributed by atoms with Gasteiger partial charge < -0.3 is 5.32 Å². The van der Waals surface area contributed by atoms with Crippen LogP contribution in [0.2, 0.25) is 0 Å². The number of carbonyl (C=O) groups excluding carboxylic acids is 1. The van der Waals surface area contributed by atoms with Crippen LogP contribution in [0.3, 0.4) is 0 Å². The van der Waals surface area contributed by atoms with Gasteiger partial charge in [0.15, 0.2) is 0 Å². The van der Waals surface area contributed by atoms with E-state index in [1.165, 1.54) is 5.56 Å². The monoisotopic (exact) mass is 260 g/mol. The molecule has 0 bridgehead atoms. The molecule has 94 valence electrons. The Morgan fingerprint density at radius 1 is 1.33 bits per heavy atom. The van der Waals surface area contributed by atoms with Crippen molar-refractivity contribution in [1.82, 2.24) is 10.3 Å². The standard InChI is InChI=1S/C14H16N2OS/c1-11-2-3-13(8-15-11)9-16-14(17)5-4-12-6-7-18-10-12/h2-3,6-8,10H,4-5,9H2,1H3,(H,16,17). The Balaban J connectivity index is 1.73. The molecule has 0 atom stereocenters. The van der Waals surface area contributed by atoms with Crippen molar-refractivity contribution in [2.75, 3.05) is 0 Å². The summed E-state index contributed by atoms with van der Waals surface area (Å²) in [6, 6.07) is 6.00. The van der Waals surface area contributed by atoms with E-state index in [-0.39, 0.29) is 5.91 Å². The lowest BCUT2D eigenvalue weighted by Crippen LogP contribution is -2.23. The molecule has 2 rings (SSSR count). The van der Waals surface area contributed by atoms with Gasteiger partial charge in [0.2, 0.25) is 5.91 Å². The number of hydrogen-bond acceptors (Lipinski definition) is 3. The molecule has 2 aromatic rings. The zero-order valence-corrected chi connectivity index (χ0v) is 11.2. The summed E-state index contributed by atoms with van der Waals surface area (Å²) in [4.78, 5) is 15.8. The lowest BCUT2D eigenvalue weighted by Gasteiger charge is -2.04. The second kappa shape index (κ2) is 6.31. The number of thiophene rings is 1. The molecule has 0 unspecified atom stereocenters. The van der Waals surface area contributed by atoms with Gasteiger partial charge in [0.1, 0.15) is 0 Å². The minimum Gasteiger partial charge on any atom is -0.352 e. The van der Waals surface area contributed by atoms with E-state index in [0.717, 1.165) is 17.7 Å². The Labute approximate surface area is 111 Å². The van der Waals surface area contributed by atoms with Gasteiger partial charge in [-0.05, 0) is 47.4 Å². The molecule has 1 amide bonds. The molecule has 0 aromatic carbocycles. The van der Waals surface area contributed by atoms with Crippen molar-refractivity contribution in [3.05, 3.63) is 52.0 Å². The maximum Gasteiger partial charge on any atom is 0.220 e. The highest BCUT2D eigenvalue weighted by atomic mass is 32.1. The average molecular weight is 260 g/mol. The number of aromatic nitrogens is 1. The van der Waals surface area contributed by atoms with E-state index in [2.05, 4.69) is 21.7 Å². The fourth-order valence-corrected chi connectivity index (χ4v) is 2.29. The lowest BCUT2D eigenvalue weighted by molar-refractivity contribution is -0.121. The first-order chi connectivity index (χ1) is 8.74. The number of nitrogens with zero attached hydrogens (tertiary/aromatic N) is 1. The third kappa shape index (κ3) is 3.96. The van der Waals surface area contributed by atoms with Crippen LogP contribution in [-0.2, 0) is 17.8 Å². The molecule has 4 heteroatoms. The number of aryl methyl sites for hydroxylation is 2. The summed E-state index contributed by atoms with van der Waals surface area (Å²) >= 11 is 1.66. The average Bonchev–Trinajstić information content (AvgIpc) is 2.89. The Hall–Kier alpha value is -1.68. The number of carbonyl (C=O) groups is 1. The van der Waals surface area contributed by atoms with Crippen molar-refractivity contribution in [2.24, 2.45) is 0 Å². The van der Waals surface area contributed by atoms with Gasteiger partial charge in [-0.2, -0.15) is 11.3 Å². The molecular weight excluding hydrogens is 244 g/mol. The number of hydrogen-bond donors (Lipinski definition) is 1. The van der Waals surface area contributed by atoms with Gasteiger partial charge in [0.25, 0.3) is 0 Å². The van der Waals surface area contributed by atoms with E-state index in [4.69, 9.17) is 0 Å². The van der Waals surface area contributed by atoms with E-state index >= 15 is 0 Å². The molecule has 2 heterocycles. The largest absolute Gasteiger partial charge is 0.352 e. The molecule has 0 aliphatic carbocycles. The molecule has 0 saturated heterocycles. The molecule has 2 aromatic heterocycles. The van der Waals surface area contributed by atoms with E-state index in [9.17, 15) is 4.79 Å². The predicted octanol–water partition coefficient (Wildman–Crippen LogP) is 2.70. The van der Waals surface area contributed by atoms with Crippen molar-refractivity contribution >= 4 is 17.2 Å². The highest BCUT2D eigenvalue weighted by molar-refractivity contribution is 7.07. The Bertz CT molecular complexity index is 491. The zero-order valence-electron chi connectivity index (χ0n) is 10.3. The summed E-state index contributed by atoms with van der Waals surface area (Å²) in [6.07, 6.45) is 3.14.